The quantitative estimate of drug-likeness (QED) is 0.766. The molecular formula is C17H28N2O. The molecule has 0 aliphatic rings. The molecule has 20 heavy (non-hydrogen) atoms. The van der Waals surface area contributed by atoms with E-state index >= 15 is 0 Å². The van der Waals surface area contributed by atoms with E-state index in [0.717, 1.165) is 13.0 Å². The van der Waals surface area contributed by atoms with Crippen LogP contribution in [0.5, 0.6) is 0 Å². The van der Waals surface area contributed by atoms with Crippen molar-refractivity contribution in [3.05, 3.63) is 35.9 Å². The Morgan fingerprint density at radius 2 is 1.70 bits per heavy atom. The molecule has 3 nitrogen and oxygen atoms in total. The largest absolute Gasteiger partial charge is 0.355 e. The van der Waals surface area contributed by atoms with Gasteiger partial charge in [-0.3, -0.25) is 4.79 Å². The van der Waals surface area contributed by atoms with E-state index in [1.54, 1.807) is 0 Å². The minimum Gasteiger partial charge on any atom is -0.355 e. The maximum absolute atomic E-state index is 11.8. The molecule has 0 saturated carbocycles. The summed E-state index contributed by atoms with van der Waals surface area (Å²) in [4.78, 5) is 11.8. The summed E-state index contributed by atoms with van der Waals surface area (Å²) in [6.45, 7) is 9.71. The Morgan fingerprint density at radius 3 is 2.25 bits per heavy atom. The minimum atomic E-state index is 0.0726. The van der Waals surface area contributed by atoms with E-state index < -0.39 is 0 Å². The Labute approximate surface area is 123 Å². The van der Waals surface area contributed by atoms with Gasteiger partial charge in [-0.1, -0.05) is 58.0 Å². The van der Waals surface area contributed by atoms with Crippen LogP contribution in [0.3, 0.4) is 0 Å². The summed E-state index contributed by atoms with van der Waals surface area (Å²) < 4.78 is 0. The fraction of sp³-hybridized carbons (Fsp3) is 0.588. The number of rotatable bonds is 8. The van der Waals surface area contributed by atoms with Crippen molar-refractivity contribution < 1.29 is 4.79 Å². The number of hydrogen-bond donors (Lipinski definition) is 2. The molecule has 0 bridgehead atoms. The van der Waals surface area contributed by atoms with E-state index in [1.807, 2.05) is 18.2 Å². The van der Waals surface area contributed by atoms with Crippen LogP contribution in [0.1, 0.15) is 45.7 Å². The van der Waals surface area contributed by atoms with Crippen molar-refractivity contribution in [2.75, 3.05) is 13.1 Å². The third-order valence-corrected chi connectivity index (χ3v) is 3.13. The maximum Gasteiger partial charge on any atom is 0.233 e. The monoisotopic (exact) mass is 276 g/mol. The van der Waals surface area contributed by atoms with Gasteiger partial charge in [0.2, 0.25) is 5.91 Å². The first kappa shape index (κ1) is 16.7. The van der Waals surface area contributed by atoms with Crippen molar-refractivity contribution in [3.8, 4) is 0 Å². The third kappa shape index (κ3) is 6.71. The van der Waals surface area contributed by atoms with Gasteiger partial charge in [0.05, 0.1) is 6.54 Å². The van der Waals surface area contributed by atoms with Crippen molar-refractivity contribution >= 4 is 5.91 Å². The van der Waals surface area contributed by atoms with Gasteiger partial charge in [-0.25, -0.2) is 0 Å². The first-order valence-electron chi connectivity index (χ1n) is 7.54. The highest BCUT2D eigenvalue weighted by Crippen LogP contribution is 2.20. The van der Waals surface area contributed by atoms with Crippen molar-refractivity contribution in [3.63, 3.8) is 0 Å². The van der Waals surface area contributed by atoms with Gasteiger partial charge in [-0.2, -0.15) is 0 Å². The van der Waals surface area contributed by atoms with Gasteiger partial charge in [0, 0.05) is 12.6 Å². The molecule has 1 unspecified atom stereocenters. The fourth-order valence-corrected chi connectivity index (χ4v) is 2.09. The van der Waals surface area contributed by atoms with Crippen molar-refractivity contribution in [2.24, 2.45) is 11.8 Å². The van der Waals surface area contributed by atoms with E-state index in [0.29, 0.717) is 18.4 Å². The normalized spacial score (nSPS) is 12.7. The topological polar surface area (TPSA) is 41.1 Å². The first-order chi connectivity index (χ1) is 9.49. The number of benzene rings is 1. The maximum atomic E-state index is 11.8. The molecule has 1 aromatic rings. The van der Waals surface area contributed by atoms with Crippen LogP contribution >= 0.6 is 0 Å². The number of carbonyl (C=O) groups excluding carboxylic acids is 1. The van der Waals surface area contributed by atoms with Gasteiger partial charge >= 0.3 is 0 Å². The van der Waals surface area contributed by atoms with E-state index in [-0.39, 0.29) is 11.9 Å². The fourth-order valence-electron chi connectivity index (χ4n) is 2.09. The Hall–Kier alpha value is -1.35. The minimum absolute atomic E-state index is 0.0726. The standard InChI is InChI=1S/C17H28N2O/c1-13(2)10-16(15-8-6-5-7-9-15)18-12-17(20)19-11-14(3)4/h5-9,13-14,16,18H,10-12H2,1-4H3,(H,19,20). The van der Waals surface area contributed by atoms with Crippen LogP contribution < -0.4 is 10.6 Å². The van der Waals surface area contributed by atoms with E-state index in [2.05, 4.69) is 50.5 Å². The van der Waals surface area contributed by atoms with Crippen LogP contribution in [0.15, 0.2) is 30.3 Å². The van der Waals surface area contributed by atoms with Gasteiger partial charge in [0.15, 0.2) is 0 Å². The average Bonchev–Trinajstić information content (AvgIpc) is 2.41. The molecule has 112 valence electrons. The van der Waals surface area contributed by atoms with Crippen LogP contribution in [0, 0.1) is 11.8 Å². The second-order valence-electron chi connectivity index (χ2n) is 6.17. The number of hydrogen-bond acceptors (Lipinski definition) is 2. The summed E-state index contributed by atoms with van der Waals surface area (Å²) in [7, 11) is 0. The molecule has 0 radical (unpaired) electrons. The lowest BCUT2D eigenvalue weighted by molar-refractivity contribution is -0.120. The molecule has 0 aromatic heterocycles. The Bertz CT molecular complexity index is 387. The number of nitrogens with one attached hydrogen (secondary N) is 2. The van der Waals surface area contributed by atoms with Crippen LogP contribution in [0.4, 0.5) is 0 Å². The van der Waals surface area contributed by atoms with Crippen LogP contribution in [-0.4, -0.2) is 19.0 Å². The molecule has 3 heteroatoms. The number of amides is 1. The molecular weight excluding hydrogens is 248 g/mol. The molecule has 2 N–H and O–H groups in total. The molecule has 1 atom stereocenters. The Morgan fingerprint density at radius 1 is 1.05 bits per heavy atom. The lowest BCUT2D eigenvalue weighted by Gasteiger charge is -2.21. The van der Waals surface area contributed by atoms with Gasteiger partial charge in [-0.05, 0) is 23.8 Å². The Balaban J connectivity index is 2.51. The number of carbonyl (C=O) groups is 1. The smallest absolute Gasteiger partial charge is 0.233 e. The highest BCUT2D eigenvalue weighted by Gasteiger charge is 2.14. The molecule has 0 aliphatic carbocycles. The lowest BCUT2D eigenvalue weighted by Crippen LogP contribution is -2.37. The molecule has 1 amide bonds. The summed E-state index contributed by atoms with van der Waals surface area (Å²) in [5, 5.41) is 6.32. The average molecular weight is 276 g/mol. The predicted molar refractivity (Wildman–Crippen MR) is 84.5 cm³/mol. The molecule has 1 rings (SSSR count). The summed E-state index contributed by atoms with van der Waals surface area (Å²) in [5.74, 6) is 1.15. The lowest BCUT2D eigenvalue weighted by atomic mass is 9.97. The third-order valence-electron chi connectivity index (χ3n) is 3.13. The molecule has 0 fully saturated rings. The molecule has 0 heterocycles. The first-order valence-corrected chi connectivity index (χ1v) is 7.54. The van der Waals surface area contributed by atoms with Crippen LogP contribution in [0.2, 0.25) is 0 Å². The molecule has 1 aromatic carbocycles. The van der Waals surface area contributed by atoms with Crippen molar-refractivity contribution in [2.45, 2.75) is 40.2 Å². The second kappa shape index (κ2) is 8.75. The molecule has 0 saturated heterocycles. The summed E-state index contributed by atoms with van der Waals surface area (Å²) in [6.07, 6.45) is 1.03. The van der Waals surface area contributed by atoms with Crippen molar-refractivity contribution in [1.29, 1.82) is 0 Å². The second-order valence-corrected chi connectivity index (χ2v) is 6.17. The van der Waals surface area contributed by atoms with Gasteiger partial charge in [0.1, 0.15) is 0 Å². The zero-order valence-corrected chi connectivity index (χ0v) is 13.1. The zero-order valence-electron chi connectivity index (χ0n) is 13.1. The van der Waals surface area contributed by atoms with Gasteiger partial charge < -0.3 is 10.6 Å². The SMILES string of the molecule is CC(C)CNC(=O)CNC(CC(C)C)c1ccccc1. The summed E-state index contributed by atoms with van der Waals surface area (Å²) in [6, 6.07) is 10.6. The van der Waals surface area contributed by atoms with E-state index in [9.17, 15) is 4.79 Å². The highest BCUT2D eigenvalue weighted by atomic mass is 16.1. The highest BCUT2D eigenvalue weighted by molar-refractivity contribution is 5.78. The predicted octanol–water partition coefficient (Wildman–Crippen LogP) is 3.14. The van der Waals surface area contributed by atoms with Crippen molar-refractivity contribution in [1.82, 2.24) is 10.6 Å². The van der Waals surface area contributed by atoms with Gasteiger partial charge in [-0.15, -0.1) is 0 Å². The summed E-state index contributed by atoms with van der Waals surface area (Å²) >= 11 is 0. The van der Waals surface area contributed by atoms with E-state index in [4.69, 9.17) is 0 Å². The van der Waals surface area contributed by atoms with E-state index in [1.165, 1.54) is 5.56 Å². The zero-order chi connectivity index (χ0) is 15.0. The molecule has 0 aliphatic heterocycles. The van der Waals surface area contributed by atoms with Crippen LogP contribution in [-0.2, 0) is 4.79 Å². The van der Waals surface area contributed by atoms with Crippen LogP contribution in [0.25, 0.3) is 0 Å². The summed E-state index contributed by atoms with van der Waals surface area (Å²) in [5.41, 5.74) is 1.25. The molecule has 0 spiro atoms. The van der Waals surface area contributed by atoms with Gasteiger partial charge in [0.25, 0.3) is 0 Å². The Kier molecular flexibility index (Phi) is 7.31.